The third-order valence-corrected chi connectivity index (χ3v) is 9.01. The third-order valence-electron chi connectivity index (χ3n) is 7.86. The van der Waals surface area contributed by atoms with Gasteiger partial charge in [-0.05, 0) is 78.3 Å². The van der Waals surface area contributed by atoms with Crippen LogP contribution in [0.15, 0.2) is 146 Å². The van der Waals surface area contributed by atoms with Crippen LogP contribution >= 0.6 is 11.3 Å². The van der Waals surface area contributed by atoms with Gasteiger partial charge in [0.15, 0.2) is 0 Å². The smallest absolute Gasteiger partial charge is 0.0355 e. The summed E-state index contributed by atoms with van der Waals surface area (Å²) in [5.74, 6) is 0. The monoisotopic (exact) mass is 512 g/mol. The standard InChI is InChI=1S/C38H24S/c1-2-12-26(13-3-1)37-29-15-6-8-17-31(29)38(32-18-9-7-16-30(32)37)33-19-10-20-35-34(33)24-36(39-35)28-22-21-25-11-4-5-14-27(25)23-28/h1-24H. The summed E-state index contributed by atoms with van der Waals surface area (Å²) in [7, 11) is 0. The highest BCUT2D eigenvalue weighted by molar-refractivity contribution is 7.22. The summed E-state index contributed by atoms with van der Waals surface area (Å²) in [6.07, 6.45) is 0. The number of hydrogen-bond donors (Lipinski definition) is 0. The lowest BCUT2D eigenvalue weighted by Crippen LogP contribution is -1.90. The first kappa shape index (κ1) is 22.3. The van der Waals surface area contributed by atoms with E-state index < -0.39 is 0 Å². The summed E-state index contributed by atoms with van der Waals surface area (Å²) in [6, 6.07) is 53.2. The molecule has 8 rings (SSSR count). The minimum atomic E-state index is 1.25. The first-order chi connectivity index (χ1) is 19.3. The molecule has 0 amide bonds. The van der Waals surface area contributed by atoms with E-state index in [4.69, 9.17) is 0 Å². The van der Waals surface area contributed by atoms with Gasteiger partial charge in [0.25, 0.3) is 0 Å². The van der Waals surface area contributed by atoms with E-state index in [-0.39, 0.29) is 0 Å². The van der Waals surface area contributed by atoms with Crippen LogP contribution in [0.2, 0.25) is 0 Å². The zero-order chi connectivity index (χ0) is 25.8. The molecule has 0 bridgehead atoms. The molecule has 0 N–H and O–H groups in total. The summed E-state index contributed by atoms with van der Waals surface area (Å²) in [5.41, 5.74) is 6.44. The van der Waals surface area contributed by atoms with Crippen LogP contribution in [0, 0.1) is 0 Å². The van der Waals surface area contributed by atoms with Crippen molar-refractivity contribution in [3.05, 3.63) is 146 Å². The van der Waals surface area contributed by atoms with Crippen LogP contribution in [0.5, 0.6) is 0 Å². The molecule has 0 atom stereocenters. The highest BCUT2D eigenvalue weighted by Gasteiger charge is 2.18. The van der Waals surface area contributed by atoms with E-state index in [1.165, 1.54) is 75.1 Å². The van der Waals surface area contributed by atoms with E-state index in [0.717, 1.165) is 0 Å². The lowest BCUT2D eigenvalue weighted by Gasteiger charge is -2.18. The molecule has 39 heavy (non-hydrogen) atoms. The van der Waals surface area contributed by atoms with Crippen molar-refractivity contribution >= 4 is 53.7 Å². The van der Waals surface area contributed by atoms with Crippen LogP contribution in [0.3, 0.4) is 0 Å². The van der Waals surface area contributed by atoms with Crippen LogP contribution in [0.4, 0.5) is 0 Å². The van der Waals surface area contributed by atoms with Gasteiger partial charge in [-0.25, -0.2) is 0 Å². The Morgan fingerprint density at radius 1 is 0.359 bits per heavy atom. The molecule has 1 heteroatoms. The van der Waals surface area contributed by atoms with Crippen LogP contribution < -0.4 is 0 Å². The summed E-state index contributed by atoms with van der Waals surface area (Å²) in [5, 5.41) is 9.04. The van der Waals surface area contributed by atoms with Gasteiger partial charge >= 0.3 is 0 Å². The van der Waals surface area contributed by atoms with Crippen molar-refractivity contribution in [3.8, 4) is 32.7 Å². The molecule has 8 aromatic rings. The van der Waals surface area contributed by atoms with Gasteiger partial charge in [0.05, 0.1) is 0 Å². The summed E-state index contributed by atoms with van der Waals surface area (Å²) in [4.78, 5) is 1.30. The summed E-state index contributed by atoms with van der Waals surface area (Å²) >= 11 is 1.88. The molecule has 0 aliphatic carbocycles. The van der Waals surface area contributed by atoms with Crippen molar-refractivity contribution < 1.29 is 0 Å². The van der Waals surface area contributed by atoms with Crippen molar-refractivity contribution in [3.63, 3.8) is 0 Å². The van der Waals surface area contributed by atoms with E-state index in [1.807, 2.05) is 11.3 Å². The molecule has 7 aromatic carbocycles. The van der Waals surface area contributed by atoms with Crippen molar-refractivity contribution in [2.24, 2.45) is 0 Å². The fourth-order valence-electron chi connectivity index (χ4n) is 6.10. The predicted molar refractivity (Wildman–Crippen MR) is 171 cm³/mol. The summed E-state index contributed by atoms with van der Waals surface area (Å²) < 4.78 is 1.32. The molecule has 1 heterocycles. The van der Waals surface area contributed by atoms with Gasteiger partial charge in [-0.1, -0.05) is 127 Å². The minimum absolute atomic E-state index is 1.25. The molecule has 0 unspecified atom stereocenters. The molecule has 0 radical (unpaired) electrons. The third kappa shape index (κ3) is 3.59. The number of thiophene rings is 1. The maximum atomic E-state index is 2.40. The zero-order valence-corrected chi connectivity index (χ0v) is 22.1. The average Bonchev–Trinajstić information content (AvgIpc) is 3.45. The Balaban J connectivity index is 1.43. The van der Waals surface area contributed by atoms with E-state index in [0.29, 0.717) is 0 Å². The van der Waals surface area contributed by atoms with Crippen LogP contribution in [-0.4, -0.2) is 0 Å². The highest BCUT2D eigenvalue weighted by atomic mass is 32.1. The molecule has 0 spiro atoms. The Kier molecular flexibility index (Phi) is 5.11. The van der Waals surface area contributed by atoms with Gasteiger partial charge in [0.2, 0.25) is 0 Å². The Morgan fingerprint density at radius 2 is 0.974 bits per heavy atom. The second-order valence-electron chi connectivity index (χ2n) is 10.1. The van der Waals surface area contributed by atoms with Crippen LogP contribution in [0.25, 0.3) is 75.1 Å². The molecular formula is C38H24S. The van der Waals surface area contributed by atoms with E-state index >= 15 is 0 Å². The van der Waals surface area contributed by atoms with Gasteiger partial charge in [0, 0.05) is 15.0 Å². The van der Waals surface area contributed by atoms with Gasteiger partial charge in [-0.3, -0.25) is 0 Å². The predicted octanol–water partition coefficient (Wildman–Crippen LogP) is 11.4. The van der Waals surface area contributed by atoms with E-state index in [9.17, 15) is 0 Å². The first-order valence-corrected chi connectivity index (χ1v) is 14.2. The maximum Gasteiger partial charge on any atom is 0.0355 e. The lowest BCUT2D eigenvalue weighted by atomic mass is 9.85. The molecule has 0 aliphatic heterocycles. The number of hydrogen-bond acceptors (Lipinski definition) is 1. The van der Waals surface area contributed by atoms with Gasteiger partial charge in [-0.2, -0.15) is 0 Å². The minimum Gasteiger partial charge on any atom is -0.135 e. The second kappa shape index (κ2) is 8.94. The number of fused-ring (bicyclic) bond motifs is 4. The molecule has 1 aromatic heterocycles. The normalized spacial score (nSPS) is 11.6. The topological polar surface area (TPSA) is 0 Å². The highest BCUT2D eigenvalue weighted by Crippen LogP contribution is 2.47. The molecule has 0 saturated heterocycles. The molecule has 0 saturated carbocycles. The molecule has 0 aliphatic rings. The second-order valence-corrected chi connectivity index (χ2v) is 11.2. The average molecular weight is 513 g/mol. The van der Waals surface area contributed by atoms with Crippen LogP contribution in [-0.2, 0) is 0 Å². The molecule has 0 nitrogen and oxygen atoms in total. The van der Waals surface area contributed by atoms with Gasteiger partial charge in [0.1, 0.15) is 0 Å². The van der Waals surface area contributed by atoms with Crippen molar-refractivity contribution in [1.82, 2.24) is 0 Å². The van der Waals surface area contributed by atoms with Crippen LogP contribution in [0.1, 0.15) is 0 Å². The Bertz CT molecular complexity index is 2110. The fraction of sp³-hybridized carbons (Fsp3) is 0. The van der Waals surface area contributed by atoms with Crippen molar-refractivity contribution in [1.29, 1.82) is 0 Å². The summed E-state index contributed by atoms with van der Waals surface area (Å²) in [6.45, 7) is 0. The zero-order valence-electron chi connectivity index (χ0n) is 21.3. The Labute approximate surface area is 231 Å². The number of benzene rings is 7. The maximum absolute atomic E-state index is 2.40. The molecule has 182 valence electrons. The van der Waals surface area contributed by atoms with E-state index in [1.54, 1.807) is 0 Å². The molecular weight excluding hydrogens is 488 g/mol. The molecule has 0 fully saturated rings. The Hall–Kier alpha value is -4.72. The number of rotatable bonds is 3. The lowest BCUT2D eigenvalue weighted by molar-refractivity contribution is 1.67. The SMILES string of the molecule is c1ccc(-c2c3ccccc3c(-c3cccc4sc(-c5ccc6ccccc6c5)cc34)c3ccccc23)cc1. The van der Waals surface area contributed by atoms with E-state index in [2.05, 4.69) is 146 Å². The first-order valence-electron chi connectivity index (χ1n) is 13.4. The van der Waals surface area contributed by atoms with Crippen molar-refractivity contribution in [2.75, 3.05) is 0 Å². The van der Waals surface area contributed by atoms with Gasteiger partial charge < -0.3 is 0 Å². The van der Waals surface area contributed by atoms with Crippen molar-refractivity contribution in [2.45, 2.75) is 0 Å². The Morgan fingerprint density at radius 3 is 1.69 bits per heavy atom. The fourth-order valence-corrected chi connectivity index (χ4v) is 7.18. The van der Waals surface area contributed by atoms with Gasteiger partial charge in [-0.15, -0.1) is 11.3 Å². The quantitative estimate of drug-likeness (QED) is 0.207. The largest absolute Gasteiger partial charge is 0.135 e.